The number of rotatable bonds is 8. The maximum Gasteiger partial charge on any atom is 0.254 e. The summed E-state index contributed by atoms with van der Waals surface area (Å²) in [4.78, 5) is 22.9. The number of aliphatic hydroxyl groups excluding tert-OH is 1. The van der Waals surface area contributed by atoms with Crippen LogP contribution in [0.25, 0.3) is 0 Å². The Morgan fingerprint density at radius 2 is 2.16 bits per heavy atom. The predicted molar refractivity (Wildman–Crippen MR) is 69.6 cm³/mol. The molecule has 2 amide bonds. The first-order valence-electron chi connectivity index (χ1n) is 6.38. The molecule has 1 aromatic heterocycles. The van der Waals surface area contributed by atoms with Crippen molar-refractivity contribution in [3.63, 3.8) is 0 Å². The lowest BCUT2D eigenvalue weighted by molar-refractivity contribution is -0.121. The largest absolute Gasteiger partial charge is 0.472 e. The van der Waals surface area contributed by atoms with E-state index in [9.17, 15) is 14.7 Å². The van der Waals surface area contributed by atoms with Crippen LogP contribution < -0.4 is 10.6 Å². The summed E-state index contributed by atoms with van der Waals surface area (Å²) in [6.07, 6.45) is 3.83. The van der Waals surface area contributed by atoms with Crippen molar-refractivity contribution in [3.8, 4) is 0 Å². The molecule has 6 heteroatoms. The second-order valence-electron chi connectivity index (χ2n) is 4.22. The maximum absolute atomic E-state index is 11.5. The molecule has 1 atom stereocenters. The number of carbonyl (C=O) groups excluding carboxylic acids is 2. The van der Waals surface area contributed by atoms with Crippen LogP contribution in [0.3, 0.4) is 0 Å². The van der Waals surface area contributed by atoms with E-state index in [1.54, 1.807) is 6.07 Å². The topological polar surface area (TPSA) is 91.6 Å². The van der Waals surface area contributed by atoms with Gasteiger partial charge in [-0.3, -0.25) is 9.59 Å². The highest BCUT2D eigenvalue weighted by Gasteiger charge is 2.07. The Hall–Kier alpha value is -1.82. The van der Waals surface area contributed by atoms with E-state index < -0.39 is 0 Å². The van der Waals surface area contributed by atoms with Crippen LogP contribution in [0, 0.1) is 0 Å². The highest BCUT2D eigenvalue weighted by atomic mass is 16.3. The number of amides is 2. The first-order valence-corrected chi connectivity index (χ1v) is 6.38. The average molecular weight is 268 g/mol. The summed E-state index contributed by atoms with van der Waals surface area (Å²) in [7, 11) is 0. The SMILES string of the molecule is CCC(O)CCNC(=O)CCNC(=O)c1ccoc1. The van der Waals surface area contributed by atoms with Gasteiger partial charge in [0.15, 0.2) is 0 Å². The number of aliphatic hydroxyl groups is 1. The minimum atomic E-state index is -0.374. The lowest BCUT2D eigenvalue weighted by atomic mass is 10.2. The molecule has 0 aliphatic carbocycles. The van der Waals surface area contributed by atoms with E-state index in [-0.39, 0.29) is 30.9 Å². The van der Waals surface area contributed by atoms with Gasteiger partial charge < -0.3 is 20.2 Å². The standard InChI is InChI=1S/C13H20N2O4/c1-2-11(16)3-6-14-12(17)4-7-15-13(18)10-5-8-19-9-10/h5,8-9,11,16H,2-4,6-7H2,1H3,(H,14,17)(H,15,18). The molecule has 106 valence electrons. The number of hydrogen-bond acceptors (Lipinski definition) is 4. The summed E-state index contributed by atoms with van der Waals surface area (Å²) in [5, 5.41) is 14.6. The predicted octanol–water partition coefficient (Wildman–Crippen LogP) is 0.677. The van der Waals surface area contributed by atoms with E-state index in [4.69, 9.17) is 4.42 Å². The van der Waals surface area contributed by atoms with Gasteiger partial charge in [0.05, 0.1) is 17.9 Å². The minimum Gasteiger partial charge on any atom is -0.472 e. The molecule has 0 spiro atoms. The highest BCUT2D eigenvalue weighted by molar-refractivity contribution is 5.93. The van der Waals surface area contributed by atoms with Gasteiger partial charge in [-0.1, -0.05) is 6.92 Å². The second kappa shape index (κ2) is 8.31. The average Bonchev–Trinajstić information content (AvgIpc) is 2.92. The second-order valence-corrected chi connectivity index (χ2v) is 4.22. The molecule has 0 bridgehead atoms. The van der Waals surface area contributed by atoms with Crippen LogP contribution in [0.2, 0.25) is 0 Å². The van der Waals surface area contributed by atoms with Crippen molar-refractivity contribution in [1.82, 2.24) is 10.6 Å². The third kappa shape index (κ3) is 6.05. The molecule has 0 aromatic carbocycles. The number of nitrogens with one attached hydrogen (secondary N) is 2. The zero-order chi connectivity index (χ0) is 14.1. The fourth-order valence-electron chi connectivity index (χ4n) is 1.46. The van der Waals surface area contributed by atoms with E-state index >= 15 is 0 Å². The Morgan fingerprint density at radius 3 is 2.79 bits per heavy atom. The fourth-order valence-corrected chi connectivity index (χ4v) is 1.46. The van der Waals surface area contributed by atoms with Crippen molar-refractivity contribution >= 4 is 11.8 Å². The Balaban J connectivity index is 2.09. The molecule has 1 heterocycles. The smallest absolute Gasteiger partial charge is 0.254 e. The molecule has 3 N–H and O–H groups in total. The van der Waals surface area contributed by atoms with Gasteiger partial charge in [-0.05, 0) is 18.9 Å². The molecule has 0 fully saturated rings. The molecule has 1 unspecified atom stereocenters. The molecule has 19 heavy (non-hydrogen) atoms. The Labute approximate surface area is 112 Å². The van der Waals surface area contributed by atoms with E-state index in [0.717, 1.165) is 0 Å². The van der Waals surface area contributed by atoms with E-state index in [1.807, 2.05) is 6.92 Å². The summed E-state index contributed by atoms with van der Waals surface area (Å²) >= 11 is 0. The maximum atomic E-state index is 11.5. The zero-order valence-electron chi connectivity index (χ0n) is 11.0. The Morgan fingerprint density at radius 1 is 1.37 bits per heavy atom. The molecule has 0 saturated carbocycles. The summed E-state index contributed by atoms with van der Waals surface area (Å²) in [5.41, 5.74) is 0.437. The zero-order valence-corrected chi connectivity index (χ0v) is 11.0. The van der Waals surface area contributed by atoms with Crippen LogP contribution in [-0.4, -0.2) is 36.1 Å². The van der Waals surface area contributed by atoms with Gasteiger partial charge in [0.25, 0.3) is 5.91 Å². The first-order chi connectivity index (χ1) is 9.13. The first kappa shape index (κ1) is 15.2. The molecule has 0 aliphatic rings. The van der Waals surface area contributed by atoms with Crippen LogP contribution in [0.5, 0.6) is 0 Å². The third-order valence-corrected chi connectivity index (χ3v) is 2.69. The lowest BCUT2D eigenvalue weighted by Crippen LogP contribution is -2.32. The van der Waals surface area contributed by atoms with Crippen LogP contribution in [0.15, 0.2) is 23.0 Å². The number of carbonyl (C=O) groups is 2. The summed E-state index contributed by atoms with van der Waals surface area (Å²) in [6.45, 7) is 2.60. The van der Waals surface area contributed by atoms with E-state index in [1.165, 1.54) is 12.5 Å². The fraction of sp³-hybridized carbons (Fsp3) is 0.538. The van der Waals surface area contributed by atoms with E-state index in [0.29, 0.717) is 24.9 Å². The highest BCUT2D eigenvalue weighted by Crippen LogP contribution is 1.99. The Kier molecular flexibility index (Phi) is 6.67. The van der Waals surface area contributed by atoms with Crippen LogP contribution >= 0.6 is 0 Å². The Bertz CT molecular complexity index is 389. The van der Waals surface area contributed by atoms with Gasteiger partial charge in [-0.15, -0.1) is 0 Å². The van der Waals surface area contributed by atoms with Crippen molar-refractivity contribution in [2.24, 2.45) is 0 Å². The molecule has 0 aliphatic heterocycles. The van der Waals surface area contributed by atoms with Crippen LogP contribution in [0.4, 0.5) is 0 Å². The molecule has 1 rings (SSSR count). The van der Waals surface area contributed by atoms with Crippen molar-refractivity contribution in [1.29, 1.82) is 0 Å². The summed E-state index contributed by atoms with van der Waals surface area (Å²) < 4.78 is 4.79. The molecular formula is C13H20N2O4. The van der Waals surface area contributed by atoms with Crippen LogP contribution in [-0.2, 0) is 4.79 Å². The molecule has 0 saturated heterocycles. The van der Waals surface area contributed by atoms with Gasteiger partial charge in [-0.25, -0.2) is 0 Å². The quantitative estimate of drug-likeness (QED) is 0.646. The molecule has 0 radical (unpaired) electrons. The van der Waals surface area contributed by atoms with Gasteiger partial charge in [0.2, 0.25) is 5.91 Å². The molecular weight excluding hydrogens is 248 g/mol. The van der Waals surface area contributed by atoms with Crippen molar-refractivity contribution in [2.45, 2.75) is 32.3 Å². The van der Waals surface area contributed by atoms with Gasteiger partial charge in [0.1, 0.15) is 6.26 Å². The lowest BCUT2D eigenvalue weighted by Gasteiger charge is -2.09. The summed E-state index contributed by atoms with van der Waals surface area (Å²) in [5.74, 6) is -0.404. The van der Waals surface area contributed by atoms with E-state index in [2.05, 4.69) is 10.6 Å². The number of furan rings is 1. The van der Waals surface area contributed by atoms with Gasteiger partial charge in [-0.2, -0.15) is 0 Å². The normalized spacial score (nSPS) is 11.9. The van der Waals surface area contributed by atoms with Crippen molar-refractivity contribution in [2.75, 3.05) is 13.1 Å². The third-order valence-electron chi connectivity index (χ3n) is 2.69. The van der Waals surface area contributed by atoms with Crippen molar-refractivity contribution in [3.05, 3.63) is 24.2 Å². The minimum absolute atomic E-state index is 0.143. The van der Waals surface area contributed by atoms with Crippen molar-refractivity contribution < 1.29 is 19.1 Å². The van der Waals surface area contributed by atoms with Gasteiger partial charge in [0, 0.05) is 19.5 Å². The van der Waals surface area contributed by atoms with Crippen LogP contribution in [0.1, 0.15) is 36.5 Å². The molecule has 1 aromatic rings. The molecule has 6 nitrogen and oxygen atoms in total. The summed E-state index contributed by atoms with van der Waals surface area (Å²) in [6, 6.07) is 1.56. The monoisotopic (exact) mass is 268 g/mol. The number of hydrogen-bond donors (Lipinski definition) is 3. The van der Waals surface area contributed by atoms with Gasteiger partial charge >= 0.3 is 0 Å².